The monoisotopic (exact) mass is 554 g/mol. The number of pyridine rings is 1. The van der Waals surface area contributed by atoms with Crippen LogP contribution in [0.3, 0.4) is 0 Å². The number of aryl methyl sites for hydroxylation is 1. The Morgan fingerprint density at radius 3 is 2.22 bits per heavy atom. The molecule has 2 fully saturated rings. The summed E-state index contributed by atoms with van der Waals surface area (Å²) in [6, 6.07) is 21.2. The van der Waals surface area contributed by atoms with Crippen molar-refractivity contribution in [1.82, 2.24) is 14.8 Å². The molecular formula is C33H38N4O4. The maximum atomic E-state index is 14.0. The van der Waals surface area contributed by atoms with Gasteiger partial charge in [0.2, 0.25) is 11.8 Å². The minimum Gasteiger partial charge on any atom is -0.378 e. The van der Waals surface area contributed by atoms with E-state index >= 15 is 0 Å². The summed E-state index contributed by atoms with van der Waals surface area (Å²) in [6.45, 7) is 7.29. The Labute approximate surface area is 242 Å². The maximum absolute atomic E-state index is 14.0. The second-order valence-corrected chi connectivity index (χ2v) is 10.5. The molecule has 1 aromatic heterocycles. The molecule has 2 aliphatic heterocycles. The largest absolute Gasteiger partial charge is 0.378 e. The van der Waals surface area contributed by atoms with Gasteiger partial charge in [-0.1, -0.05) is 66.2 Å². The van der Waals surface area contributed by atoms with Gasteiger partial charge in [0, 0.05) is 51.4 Å². The molecule has 0 saturated carbocycles. The fourth-order valence-corrected chi connectivity index (χ4v) is 5.13. The van der Waals surface area contributed by atoms with Gasteiger partial charge in [0.25, 0.3) is 0 Å². The zero-order valence-corrected chi connectivity index (χ0v) is 23.7. The molecule has 8 nitrogen and oxygen atoms in total. The van der Waals surface area contributed by atoms with Gasteiger partial charge < -0.3 is 24.2 Å². The minimum atomic E-state index is -0.676. The second-order valence-electron chi connectivity index (χ2n) is 10.5. The van der Waals surface area contributed by atoms with Crippen molar-refractivity contribution < 1.29 is 19.1 Å². The molecular weight excluding hydrogens is 516 g/mol. The lowest BCUT2D eigenvalue weighted by atomic mass is 10.0. The number of anilines is 1. The summed E-state index contributed by atoms with van der Waals surface area (Å²) in [7, 11) is 0. The lowest BCUT2D eigenvalue weighted by Gasteiger charge is -2.36. The predicted molar refractivity (Wildman–Crippen MR) is 159 cm³/mol. The van der Waals surface area contributed by atoms with Crippen LogP contribution in [0.2, 0.25) is 0 Å². The van der Waals surface area contributed by atoms with E-state index in [2.05, 4.69) is 4.90 Å². The normalized spacial score (nSPS) is 16.5. The van der Waals surface area contributed by atoms with Gasteiger partial charge >= 0.3 is 0 Å². The molecule has 0 bridgehead atoms. The molecule has 2 aliphatic rings. The van der Waals surface area contributed by atoms with E-state index in [-0.39, 0.29) is 18.4 Å². The van der Waals surface area contributed by atoms with Gasteiger partial charge in [-0.2, -0.15) is 0 Å². The molecule has 2 aromatic carbocycles. The van der Waals surface area contributed by atoms with Crippen molar-refractivity contribution in [2.24, 2.45) is 0 Å². The van der Waals surface area contributed by atoms with Gasteiger partial charge in [0.1, 0.15) is 11.9 Å². The van der Waals surface area contributed by atoms with Crippen LogP contribution in [0, 0.1) is 6.92 Å². The van der Waals surface area contributed by atoms with Crippen LogP contribution in [0.4, 0.5) is 5.82 Å². The summed E-state index contributed by atoms with van der Waals surface area (Å²) in [5.41, 5.74) is 3.95. The van der Waals surface area contributed by atoms with Crippen molar-refractivity contribution in [3.8, 4) is 0 Å². The summed E-state index contributed by atoms with van der Waals surface area (Å²) < 4.78 is 11.0. The van der Waals surface area contributed by atoms with E-state index in [1.54, 1.807) is 11.0 Å². The number of benzene rings is 2. The Morgan fingerprint density at radius 1 is 0.878 bits per heavy atom. The number of carbonyl (C=O) groups is 2. The fourth-order valence-electron chi connectivity index (χ4n) is 5.13. The quantitative estimate of drug-likeness (QED) is 0.375. The van der Waals surface area contributed by atoms with Gasteiger partial charge in [0.05, 0.1) is 26.4 Å². The highest BCUT2D eigenvalue weighted by molar-refractivity contribution is 5.95. The van der Waals surface area contributed by atoms with Crippen LogP contribution in [0.25, 0.3) is 6.08 Å². The van der Waals surface area contributed by atoms with Crippen LogP contribution in [0.15, 0.2) is 79.0 Å². The van der Waals surface area contributed by atoms with E-state index in [0.717, 1.165) is 41.2 Å². The molecule has 1 unspecified atom stereocenters. The van der Waals surface area contributed by atoms with Crippen molar-refractivity contribution in [1.29, 1.82) is 0 Å². The van der Waals surface area contributed by atoms with Crippen molar-refractivity contribution in [3.63, 3.8) is 0 Å². The molecule has 1 atom stereocenters. The summed E-state index contributed by atoms with van der Waals surface area (Å²) >= 11 is 0. The first-order chi connectivity index (χ1) is 20.1. The van der Waals surface area contributed by atoms with Crippen molar-refractivity contribution in [2.45, 2.75) is 25.9 Å². The van der Waals surface area contributed by atoms with Crippen LogP contribution < -0.4 is 4.90 Å². The standard InChI is InChI=1S/C33H38N4O4/c1-26-7-9-27(10-8-26)12-14-32(38)37(25-29-11-13-31(34-24-29)35-15-19-40-20-16-35)30(23-28-5-3-2-4-6-28)33(39)36-17-21-41-22-18-36/h2-14,24,30H,15-23,25H2,1H3. The molecule has 0 aliphatic carbocycles. The summed E-state index contributed by atoms with van der Waals surface area (Å²) in [6.07, 6.45) is 5.62. The van der Waals surface area contributed by atoms with E-state index < -0.39 is 6.04 Å². The average molecular weight is 555 g/mol. The molecule has 3 heterocycles. The molecule has 3 aromatic rings. The molecule has 2 amide bonds. The number of hydrogen-bond donors (Lipinski definition) is 0. The summed E-state index contributed by atoms with van der Waals surface area (Å²) in [5, 5.41) is 0. The van der Waals surface area contributed by atoms with Gasteiger partial charge in [-0.3, -0.25) is 9.59 Å². The van der Waals surface area contributed by atoms with E-state index in [0.29, 0.717) is 45.9 Å². The number of rotatable bonds is 9. The molecule has 0 spiro atoms. The first-order valence-electron chi connectivity index (χ1n) is 14.3. The molecule has 8 heteroatoms. The third-order valence-corrected chi connectivity index (χ3v) is 7.53. The van der Waals surface area contributed by atoms with Crippen LogP contribution in [0.1, 0.15) is 22.3 Å². The highest BCUT2D eigenvalue weighted by Gasteiger charge is 2.33. The van der Waals surface area contributed by atoms with Crippen molar-refractivity contribution in [2.75, 3.05) is 57.5 Å². The summed E-state index contributed by atoms with van der Waals surface area (Å²) in [5.74, 6) is 0.608. The third-order valence-electron chi connectivity index (χ3n) is 7.53. The molecule has 2 saturated heterocycles. The molecule has 0 N–H and O–H groups in total. The Morgan fingerprint density at radius 2 is 1.56 bits per heavy atom. The zero-order valence-electron chi connectivity index (χ0n) is 23.7. The lowest BCUT2D eigenvalue weighted by molar-refractivity contribution is -0.147. The van der Waals surface area contributed by atoms with Gasteiger partial charge in [-0.15, -0.1) is 0 Å². The first-order valence-corrected chi connectivity index (χ1v) is 14.3. The number of carbonyl (C=O) groups excluding carboxylic acids is 2. The van der Waals surface area contributed by atoms with E-state index in [1.165, 1.54) is 0 Å². The van der Waals surface area contributed by atoms with Gasteiger partial charge in [0.15, 0.2) is 0 Å². The Balaban J connectivity index is 1.44. The van der Waals surface area contributed by atoms with Crippen molar-refractivity contribution >= 4 is 23.7 Å². The Hall–Kier alpha value is -4.01. The van der Waals surface area contributed by atoms with Crippen LogP contribution in [-0.2, 0) is 32.0 Å². The number of morpholine rings is 2. The van der Waals surface area contributed by atoms with Crippen LogP contribution in [0.5, 0.6) is 0 Å². The van der Waals surface area contributed by atoms with Crippen LogP contribution >= 0.6 is 0 Å². The second kappa shape index (κ2) is 14.1. The average Bonchev–Trinajstić information content (AvgIpc) is 3.03. The number of aromatic nitrogens is 1. The Bertz CT molecular complexity index is 1300. The van der Waals surface area contributed by atoms with E-state index in [1.807, 2.05) is 90.8 Å². The molecule has 41 heavy (non-hydrogen) atoms. The third kappa shape index (κ3) is 7.80. The molecule has 214 valence electrons. The molecule has 0 radical (unpaired) electrons. The van der Waals surface area contributed by atoms with E-state index in [9.17, 15) is 9.59 Å². The first kappa shape index (κ1) is 28.5. The van der Waals surface area contributed by atoms with Gasteiger partial charge in [-0.25, -0.2) is 4.98 Å². The minimum absolute atomic E-state index is 0.0628. The van der Waals surface area contributed by atoms with Crippen molar-refractivity contribution in [3.05, 3.63) is 101 Å². The smallest absolute Gasteiger partial charge is 0.247 e. The molecule has 5 rings (SSSR count). The number of amides is 2. The highest BCUT2D eigenvalue weighted by atomic mass is 16.5. The maximum Gasteiger partial charge on any atom is 0.247 e. The summed E-state index contributed by atoms with van der Waals surface area (Å²) in [4.78, 5) is 38.4. The van der Waals surface area contributed by atoms with Crippen LogP contribution in [-0.4, -0.2) is 85.2 Å². The predicted octanol–water partition coefficient (Wildman–Crippen LogP) is 3.74. The topological polar surface area (TPSA) is 75.2 Å². The van der Waals surface area contributed by atoms with Gasteiger partial charge in [-0.05, 0) is 35.8 Å². The number of hydrogen-bond acceptors (Lipinski definition) is 6. The lowest BCUT2D eigenvalue weighted by Crippen LogP contribution is -2.53. The number of ether oxygens (including phenoxy) is 2. The SMILES string of the molecule is Cc1ccc(C=CC(=O)N(Cc2ccc(N3CCOCC3)nc2)C(Cc2ccccc2)C(=O)N2CCOCC2)cc1. The highest BCUT2D eigenvalue weighted by Crippen LogP contribution is 2.20. The zero-order chi connectivity index (χ0) is 28.4. The number of nitrogens with zero attached hydrogens (tertiary/aromatic N) is 4. The Kier molecular flexibility index (Phi) is 9.78. The van der Waals surface area contributed by atoms with E-state index in [4.69, 9.17) is 14.5 Å². The fraction of sp³-hybridized carbons (Fsp3) is 0.364.